The van der Waals surface area contributed by atoms with Crippen molar-refractivity contribution in [2.75, 3.05) is 4.72 Å². The Kier molecular flexibility index (Phi) is 4.54. The third-order valence-electron chi connectivity index (χ3n) is 3.38. The highest BCUT2D eigenvalue weighted by molar-refractivity contribution is 7.92. The van der Waals surface area contributed by atoms with E-state index in [1.54, 1.807) is 53.2 Å². The maximum absolute atomic E-state index is 12.5. The van der Waals surface area contributed by atoms with Gasteiger partial charge in [-0.05, 0) is 37.3 Å². The predicted octanol–water partition coefficient (Wildman–Crippen LogP) is 4.29. The van der Waals surface area contributed by atoms with E-state index in [-0.39, 0.29) is 10.8 Å². The smallest absolute Gasteiger partial charge is 0.264 e. The van der Waals surface area contributed by atoms with Crippen molar-refractivity contribution in [3.05, 3.63) is 70.5 Å². The molecular weight excluding hydrogens is 369 g/mol. The molecule has 124 valence electrons. The number of hydrogen-bond donors (Lipinski definition) is 1. The average molecular weight is 382 g/mol. The molecule has 0 aliphatic carbocycles. The molecule has 1 heterocycles. The third kappa shape index (κ3) is 3.40. The SMILES string of the molecule is Cc1ccc(S(=O)(=O)Nc2nccn2-c2ccc(Cl)c(Cl)c2)cc1. The lowest BCUT2D eigenvalue weighted by molar-refractivity contribution is 0.600. The van der Waals surface area contributed by atoms with Crippen LogP contribution in [-0.4, -0.2) is 18.0 Å². The van der Waals surface area contributed by atoms with E-state index in [1.165, 1.54) is 6.20 Å². The van der Waals surface area contributed by atoms with Crippen LogP contribution >= 0.6 is 23.2 Å². The van der Waals surface area contributed by atoms with Crippen molar-refractivity contribution < 1.29 is 8.42 Å². The molecule has 0 atom stereocenters. The van der Waals surface area contributed by atoms with E-state index in [0.29, 0.717) is 15.7 Å². The predicted molar refractivity (Wildman–Crippen MR) is 95.6 cm³/mol. The first-order chi connectivity index (χ1) is 11.4. The van der Waals surface area contributed by atoms with Crippen LogP contribution < -0.4 is 4.72 Å². The van der Waals surface area contributed by atoms with E-state index < -0.39 is 10.0 Å². The van der Waals surface area contributed by atoms with Crippen LogP contribution in [0.3, 0.4) is 0 Å². The maximum Gasteiger partial charge on any atom is 0.264 e. The molecule has 0 unspecified atom stereocenters. The second-order valence-corrected chi connectivity index (χ2v) is 7.63. The highest BCUT2D eigenvalue weighted by Crippen LogP contribution is 2.26. The summed E-state index contributed by atoms with van der Waals surface area (Å²) in [5.41, 5.74) is 1.62. The molecule has 1 aromatic heterocycles. The molecule has 0 bridgehead atoms. The van der Waals surface area contributed by atoms with E-state index >= 15 is 0 Å². The molecular formula is C16H13Cl2N3O2S. The van der Waals surface area contributed by atoms with Gasteiger partial charge in [-0.2, -0.15) is 0 Å². The molecule has 0 aliphatic heterocycles. The first-order valence-electron chi connectivity index (χ1n) is 6.95. The number of hydrogen-bond acceptors (Lipinski definition) is 3. The zero-order chi connectivity index (χ0) is 17.3. The Bertz CT molecular complexity index is 983. The molecule has 0 aliphatic rings. The van der Waals surface area contributed by atoms with Gasteiger partial charge in [-0.25, -0.2) is 18.1 Å². The number of rotatable bonds is 4. The highest BCUT2D eigenvalue weighted by Gasteiger charge is 2.17. The lowest BCUT2D eigenvalue weighted by Gasteiger charge is -2.11. The molecule has 0 saturated carbocycles. The van der Waals surface area contributed by atoms with E-state index in [1.807, 2.05) is 6.92 Å². The van der Waals surface area contributed by atoms with Gasteiger partial charge in [-0.3, -0.25) is 4.57 Å². The van der Waals surface area contributed by atoms with Crippen LogP contribution in [0.1, 0.15) is 5.56 Å². The monoisotopic (exact) mass is 381 g/mol. The van der Waals surface area contributed by atoms with E-state index in [4.69, 9.17) is 23.2 Å². The number of imidazole rings is 1. The Labute approximate surface area is 149 Å². The van der Waals surface area contributed by atoms with Gasteiger partial charge < -0.3 is 0 Å². The van der Waals surface area contributed by atoms with Gasteiger partial charge in [0.1, 0.15) is 0 Å². The van der Waals surface area contributed by atoms with Crippen molar-refractivity contribution >= 4 is 39.2 Å². The summed E-state index contributed by atoms with van der Waals surface area (Å²) >= 11 is 11.9. The zero-order valence-corrected chi connectivity index (χ0v) is 14.9. The molecule has 8 heteroatoms. The molecule has 3 rings (SSSR count). The molecule has 3 aromatic rings. The quantitative estimate of drug-likeness (QED) is 0.732. The highest BCUT2D eigenvalue weighted by atomic mass is 35.5. The van der Waals surface area contributed by atoms with Crippen molar-refractivity contribution in [1.82, 2.24) is 9.55 Å². The molecule has 0 fully saturated rings. The number of nitrogens with one attached hydrogen (secondary N) is 1. The fourth-order valence-electron chi connectivity index (χ4n) is 2.12. The molecule has 2 aromatic carbocycles. The molecule has 24 heavy (non-hydrogen) atoms. The fourth-order valence-corrected chi connectivity index (χ4v) is 3.41. The van der Waals surface area contributed by atoms with E-state index in [0.717, 1.165) is 5.56 Å². The fraction of sp³-hybridized carbons (Fsp3) is 0.0625. The molecule has 0 radical (unpaired) electrons. The minimum atomic E-state index is -3.74. The third-order valence-corrected chi connectivity index (χ3v) is 5.46. The van der Waals surface area contributed by atoms with Crippen LogP contribution in [0.4, 0.5) is 5.95 Å². The van der Waals surface area contributed by atoms with Gasteiger partial charge >= 0.3 is 0 Å². The number of aryl methyl sites for hydroxylation is 1. The number of aromatic nitrogens is 2. The minimum Gasteiger partial charge on any atom is -0.285 e. The Morgan fingerprint density at radius 1 is 1.04 bits per heavy atom. The first kappa shape index (κ1) is 16.8. The van der Waals surface area contributed by atoms with E-state index in [2.05, 4.69) is 9.71 Å². The summed E-state index contributed by atoms with van der Waals surface area (Å²) < 4.78 is 29.1. The molecule has 5 nitrogen and oxygen atoms in total. The molecule has 0 saturated heterocycles. The summed E-state index contributed by atoms with van der Waals surface area (Å²) in [7, 11) is -3.74. The van der Waals surface area contributed by atoms with Crippen LogP contribution in [0.15, 0.2) is 59.8 Å². The minimum absolute atomic E-state index is 0.161. The Balaban J connectivity index is 1.96. The van der Waals surface area contributed by atoms with Gasteiger partial charge in [-0.1, -0.05) is 40.9 Å². The summed E-state index contributed by atoms with van der Waals surface area (Å²) in [6.45, 7) is 1.89. The Morgan fingerprint density at radius 2 is 1.75 bits per heavy atom. The second kappa shape index (κ2) is 6.47. The normalized spacial score (nSPS) is 11.5. The first-order valence-corrected chi connectivity index (χ1v) is 9.19. The van der Waals surface area contributed by atoms with Crippen molar-refractivity contribution in [2.24, 2.45) is 0 Å². The van der Waals surface area contributed by atoms with Gasteiger partial charge in [0.25, 0.3) is 10.0 Å². The largest absolute Gasteiger partial charge is 0.285 e. The van der Waals surface area contributed by atoms with Crippen molar-refractivity contribution in [3.8, 4) is 5.69 Å². The summed E-state index contributed by atoms with van der Waals surface area (Å²) in [6.07, 6.45) is 3.13. The second-order valence-electron chi connectivity index (χ2n) is 5.14. The van der Waals surface area contributed by atoms with Gasteiger partial charge in [-0.15, -0.1) is 0 Å². The number of anilines is 1. The molecule has 0 amide bonds. The van der Waals surface area contributed by atoms with Crippen LogP contribution in [0.25, 0.3) is 5.69 Å². The van der Waals surface area contributed by atoms with Crippen molar-refractivity contribution in [2.45, 2.75) is 11.8 Å². The summed E-state index contributed by atoms with van der Waals surface area (Å²) in [6, 6.07) is 11.6. The Morgan fingerprint density at radius 3 is 2.42 bits per heavy atom. The van der Waals surface area contributed by atoms with Crippen LogP contribution in [0.5, 0.6) is 0 Å². The lowest BCUT2D eigenvalue weighted by Crippen LogP contribution is -2.16. The summed E-state index contributed by atoms with van der Waals surface area (Å²) in [5.74, 6) is 0.161. The number of sulfonamides is 1. The van der Waals surface area contributed by atoms with Gasteiger partial charge in [0.05, 0.1) is 20.6 Å². The van der Waals surface area contributed by atoms with Gasteiger partial charge in [0.15, 0.2) is 0 Å². The van der Waals surface area contributed by atoms with Gasteiger partial charge in [0, 0.05) is 12.4 Å². The van der Waals surface area contributed by atoms with Crippen molar-refractivity contribution in [3.63, 3.8) is 0 Å². The summed E-state index contributed by atoms with van der Waals surface area (Å²) in [5, 5.41) is 0.789. The van der Waals surface area contributed by atoms with Crippen LogP contribution in [0, 0.1) is 6.92 Å². The maximum atomic E-state index is 12.5. The standard InChI is InChI=1S/C16H13Cl2N3O2S/c1-11-2-5-13(6-3-11)24(22,23)20-16-19-8-9-21(16)12-4-7-14(17)15(18)10-12/h2-10H,1H3,(H,19,20). The molecule has 0 spiro atoms. The van der Waals surface area contributed by atoms with E-state index in [9.17, 15) is 8.42 Å². The van der Waals surface area contributed by atoms with Gasteiger partial charge in [0.2, 0.25) is 5.95 Å². The number of halogens is 2. The number of nitrogens with zero attached hydrogens (tertiary/aromatic N) is 2. The summed E-state index contributed by atoms with van der Waals surface area (Å²) in [4.78, 5) is 4.23. The van der Waals surface area contributed by atoms with Crippen molar-refractivity contribution in [1.29, 1.82) is 0 Å². The number of benzene rings is 2. The van der Waals surface area contributed by atoms with Crippen LogP contribution in [0.2, 0.25) is 10.0 Å². The Hall–Kier alpha value is -2.02. The topological polar surface area (TPSA) is 64.0 Å². The molecule has 1 N–H and O–H groups in total. The van der Waals surface area contributed by atoms with Crippen LogP contribution in [-0.2, 0) is 10.0 Å². The zero-order valence-electron chi connectivity index (χ0n) is 12.6. The lowest BCUT2D eigenvalue weighted by atomic mass is 10.2. The average Bonchev–Trinajstić information content (AvgIpc) is 2.98.